The van der Waals surface area contributed by atoms with Crippen LogP contribution in [0.3, 0.4) is 0 Å². The van der Waals surface area contributed by atoms with Gasteiger partial charge in [-0.1, -0.05) is 16.5 Å². The normalized spacial score (nSPS) is 14.0. The Hall–Kier alpha value is -2.81. The minimum absolute atomic E-state index is 0.282. The quantitative estimate of drug-likeness (QED) is 0.748. The van der Waals surface area contributed by atoms with Crippen LogP contribution in [0.4, 0.5) is 5.13 Å². The van der Waals surface area contributed by atoms with Gasteiger partial charge in [-0.05, 0) is 25.8 Å². The molecule has 3 heterocycles. The van der Waals surface area contributed by atoms with Crippen molar-refractivity contribution in [3.8, 4) is 0 Å². The number of hydrogen-bond donors (Lipinski definition) is 2. The SMILES string of the molecule is Cc1noc2nc(C3CC3)cc(C(=O)Nc3ncc(C(N)=O)s3)c12. The van der Waals surface area contributed by atoms with Crippen LogP contribution < -0.4 is 11.1 Å². The largest absolute Gasteiger partial charge is 0.365 e. The number of fused-ring (bicyclic) bond motifs is 1. The number of rotatable bonds is 4. The zero-order chi connectivity index (χ0) is 16.8. The highest BCUT2D eigenvalue weighted by Gasteiger charge is 2.28. The zero-order valence-corrected chi connectivity index (χ0v) is 13.5. The van der Waals surface area contributed by atoms with E-state index in [2.05, 4.69) is 20.4 Å². The van der Waals surface area contributed by atoms with Crippen LogP contribution in [-0.4, -0.2) is 26.9 Å². The Morgan fingerprint density at radius 3 is 2.88 bits per heavy atom. The molecule has 1 aliphatic carbocycles. The fraction of sp³-hybridized carbons (Fsp3) is 0.267. The van der Waals surface area contributed by atoms with Crippen LogP contribution in [0, 0.1) is 6.92 Å². The highest BCUT2D eigenvalue weighted by Crippen LogP contribution is 2.40. The van der Waals surface area contributed by atoms with Gasteiger partial charge < -0.3 is 10.3 Å². The summed E-state index contributed by atoms with van der Waals surface area (Å²) in [7, 11) is 0. The monoisotopic (exact) mass is 343 g/mol. The molecule has 0 saturated heterocycles. The van der Waals surface area contributed by atoms with Gasteiger partial charge in [-0.15, -0.1) is 0 Å². The van der Waals surface area contributed by atoms with Gasteiger partial charge in [-0.2, -0.15) is 0 Å². The van der Waals surface area contributed by atoms with Crippen LogP contribution >= 0.6 is 11.3 Å². The van der Waals surface area contributed by atoms with Crippen molar-refractivity contribution in [3.63, 3.8) is 0 Å². The third-order valence-electron chi connectivity index (χ3n) is 3.85. The second-order valence-corrected chi connectivity index (χ2v) is 6.70. The number of thiazole rings is 1. The van der Waals surface area contributed by atoms with Crippen molar-refractivity contribution < 1.29 is 14.1 Å². The average Bonchev–Trinajstić information content (AvgIpc) is 3.19. The first kappa shape index (κ1) is 14.8. The number of anilines is 1. The summed E-state index contributed by atoms with van der Waals surface area (Å²) in [5.41, 5.74) is 7.43. The molecule has 24 heavy (non-hydrogen) atoms. The molecule has 2 amide bonds. The maximum absolute atomic E-state index is 12.7. The Labute approximate surface area is 140 Å². The summed E-state index contributed by atoms with van der Waals surface area (Å²) in [4.78, 5) is 32.6. The lowest BCUT2D eigenvalue weighted by Crippen LogP contribution is -2.13. The predicted octanol–water partition coefficient (Wildman–Crippen LogP) is 2.22. The third kappa shape index (κ3) is 2.52. The lowest BCUT2D eigenvalue weighted by atomic mass is 10.1. The standard InChI is InChI=1S/C15H13N5O3S/c1-6-11-8(4-9(7-2-3-7)18-14(11)23-20-6)13(22)19-15-17-5-10(24-15)12(16)21/h4-5,7H,2-3H2,1H3,(H2,16,21)(H,17,19,22). The molecule has 0 radical (unpaired) electrons. The number of primary amides is 1. The van der Waals surface area contributed by atoms with Crippen molar-refractivity contribution in [1.82, 2.24) is 15.1 Å². The number of carbonyl (C=O) groups excluding carboxylic acids is 2. The maximum Gasteiger partial charge on any atom is 0.260 e. The summed E-state index contributed by atoms with van der Waals surface area (Å²) in [6, 6.07) is 1.78. The number of nitrogens with two attached hydrogens (primary N) is 1. The average molecular weight is 343 g/mol. The lowest BCUT2D eigenvalue weighted by molar-refractivity contribution is 0.100. The molecule has 8 nitrogen and oxygen atoms in total. The van der Waals surface area contributed by atoms with Crippen LogP contribution in [0.2, 0.25) is 0 Å². The van der Waals surface area contributed by atoms with E-state index in [1.807, 2.05) is 0 Å². The van der Waals surface area contributed by atoms with E-state index in [0.29, 0.717) is 33.4 Å². The maximum atomic E-state index is 12.7. The van der Waals surface area contributed by atoms with E-state index in [1.165, 1.54) is 6.20 Å². The number of hydrogen-bond acceptors (Lipinski definition) is 7. The summed E-state index contributed by atoms with van der Waals surface area (Å²) in [6.07, 6.45) is 3.45. The summed E-state index contributed by atoms with van der Waals surface area (Å²) in [5, 5.41) is 7.49. The Balaban J connectivity index is 1.72. The van der Waals surface area contributed by atoms with Crippen molar-refractivity contribution >= 4 is 39.4 Å². The third-order valence-corrected chi connectivity index (χ3v) is 4.77. The molecule has 3 N–H and O–H groups in total. The molecule has 0 bridgehead atoms. The smallest absolute Gasteiger partial charge is 0.260 e. The number of pyridine rings is 1. The molecule has 0 aromatic carbocycles. The number of nitrogens with one attached hydrogen (secondary N) is 1. The molecule has 0 spiro atoms. The topological polar surface area (TPSA) is 124 Å². The molecule has 3 aromatic rings. The first-order chi connectivity index (χ1) is 11.5. The molecular formula is C15H13N5O3S. The van der Waals surface area contributed by atoms with E-state index in [9.17, 15) is 9.59 Å². The van der Waals surface area contributed by atoms with Crippen LogP contribution in [-0.2, 0) is 0 Å². The zero-order valence-electron chi connectivity index (χ0n) is 12.7. The van der Waals surface area contributed by atoms with E-state index >= 15 is 0 Å². The Morgan fingerprint density at radius 2 is 2.21 bits per heavy atom. The summed E-state index contributed by atoms with van der Waals surface area (Å²) in [6.45, 7) is 1.76. The first-order valence-corrected chi connectivity index (χ1v) is 8.18. The van der Waals surface area contributed by atoms with Crippen LogP contribution in [0.15, 0.2) is 16.8 Å². The number of amides is 2. The minimum Gasteiger partial charge on any atom is -0.365 e. The van der Waals surface area contributed by atoms with Gasteiger partial charge in [0, 0.05) is 11.6 Å². The Kier molecular flexibility index (Phi) is 3.31. The number of nitrogens with zero attached hydrogens (tertiary/aromatic N) is 3. The van der Waals surface area contributed by atoms with Crippen LogP contribution in [0.1, 0.15) is 50.2 Å². The second-order valence-electron chi connectivity index (χ2n) is 5.67. The van der Waals surface area contributed by atoms with Crippen molar-refractivity contribution in [3.05, 3.63) is 34.1 Å². The number of carbonyl (C=O) groups is 2. The van der Waals surface area contributed by atoms with Crippen molar-refractivity contribution in [2.24, 2.45) is 5.73 Å². The molecule has 4 rings (SSSR count). The van der Waals surface area contributed by atoms with Gasteiger partial charge in [-0.3, -0.25) is 14.9 Å². The molecule has 3 aromatic heterocycles. The second kappa shape index (κ2) is 5.38. The molecule has 1 fully saturated rings. The number of aromatic nitrogens is 3. The van der Waals surface area contributed by atoms with Crippen molar-refractivity contribution in [2.45, 2.75) is 25.7 Å². The van der Waals surface area contributed by atoms with Crippen LogP contribution in [0.25, 0.3) is 11.1 Å². The summed E-state index contributed by atoms with van der Waals surface area (Å²) in [5.74, 6) is -0.557. The summed E-state index contributed by atoms with van der Waals surface area (Å²) < 4.78 is 5.23. The predicted molar refractivity (Wildman–Crippen MR) is 87.1 cm³/mol. The summed E-state index contributed by atoms with van der Waals surface area (Å²) >= 11 is 1.03. The first-order valence-electron chi connectivity index (χ1n) is 7.37. The van der Waals surface area contributed by atoms with Gasteiger partial charge in [0.25, 0.3) is 17.5 Å². The van der Waals surface area contributed by atoms with Gasteiger partial charge in [-0.25, -0.2) is 9.97 Å². The van der Waals surface area contributed by atoms with Gasteiger partial charge in [0.2, 0.25) is 0 Å². The highest BCUT2D eigenvalue weighted by atomic mass is 32.1. The van der Waals surface area contributed by atoms with Gasteiger partial charge in [0.1, 0.15) is 4.88 Å². The molecule has 0 aliphatic heterocycles. The van der Waals surface area contributed by atoms with Gasteiger partial charge in [0.15, 0.2) is 5.13 Å². The fourth-order valence-corrected chi connectivity index (χ4v) is 3.15. The van der Waals surface area contributed by atoms with E-state index in [1.54, 1.807) is 13.0 Å². The molecular weight excluding hydrogens is 330 g/mol. The van der Waals surface area contributed by atoms with E-state index in [-0.39, 0.29) is 10.8 Å². The number of aryl methyl sites for hydroxylation is 1. The van der Waals surface area contributed by atoms with Crippen molar-refractivity contribution in [1.29, 1.82) is 0 Å². The lowest BCUT2D eigenvalue weighted by Gasteiger charge is -2.05. The van der Waals surface area contributed by atoms with Gasteiger partial charge in [0.05, 0.1) is 22.8 Å². The van der Waals surface area contributed by atoms with E-state index in [4.69, 9.17) is 10.3 Å². The van der Waals surface area contributed by atoms with E-state index in [0.717, 1.165) is 29.9 Å². The Bertz CT molecular complexity index is 973. The molecule has 1 aliphatic rings. The van der Waals surface area contributed by atoms with E-state index < -0.39 is 5.91 Å². The minimum atomic E-state index is -0.579. The molecule has 122 valence electrons. The molecule has 0 atom stereocenters. The fourth-order valence-electron chi connectivity index (χ4n) is 2.49. The van der Waals surface area contributed by atoms with Crippen molar-refractivity contribution in [2.75, 3.05) is 5.32 Å². The van der Waals surface area contributed by atoms with Gasteiger partial charge >= 0.3 is 0 Å². The molecule has 1 saturated carbocycles. The Morgan fingerprint density at radius 1 is 1.42 bits per heavy atom. The highest BCUT2D eigenvalue weighted by molar-refractivity contribution is 7.17. The molecule has 9 heteroatoms. The van der Waals surface area contributed by atoms with Crippen LogP contribution in [0.5, 0.6) is 0 Å². The molecule has 0 unspecified atom stereocenters.